The summed E-state index contributed by atoms with van der Waals surface area (Å²) in [5.41, 5.74) is -1.45. The number of ether oxygens (including phenoxy) is 1. The van der Waals surface area contributed by atoms with E-state index in [1.165, 1.54) is 0 Å². The maximum absolute atomic E-state index is 12.9. The maximum atomic E-state index is 12.9. The van der Waals surface area contributed by atoms with Crippen LogP contribution in [0, 0.1) is 10.1 Å². The van der Waals surface area contributed by atoms with E-state index < -0.39 is 22.4 Å². The van der Waals surface area contributed by atoms with Gasteiger partial charge in [0.05, 0.1) is 29.7 Å². The topological polar surface area (TPSA) is 79.2 Å². The summed E-state index contributed by atoms with van der Waals surface area (Å²) in [6.45, 7) is 5.70. The van der Waals surface area contributed by atoms with Crippen LogP contribution in [0.15, 0.2) is 18.2 Å². The zero-order valence-corrected chi connectivity index (χ0v) is 16.0. The highest BCUT2D eigenvalue weighted by atomic mass is 19.4. The second-order valence-electron chi connectivity index (χ2n) is 7.10. The Hall–Kier alpha value is -2.40. The first-order valence-electron chi connectivity index (χ1n) is 9.39. The average Bonchev–Trinajstić information content (AvgIpc) is 2.72. The maximum Gasteiger partial charge on any atom is 0.416 e. The van der Waals surface area contributed by atoms with E-state index in [0.29, 0.717) is 58.5 Å². The zero-order valence-electron chi connectivity index (χ0n) is 16.0. The molecule has 2 aliphatic heterocycles. The first kappa shape index (κ1) is 21.3. The first-order valence-corrected chi connectivity index (χ1v) is 9.39. The quantitative estimate of drug-likeness (QED) is 0.552. The molecule has 1 atom stereocenters. The second-order valence-corrected chi connectivity index (χ2v) is 7.10. The van der Waals surface area contributed by atoms with Crippen LogP contribution in [0.1, 0.15) is 12.5 Å². The molecular formula is C18H23F3N4O4. The number of nitro benzene ring substituents is 1. The minimum atomic E-state index is -4.64. The third kappa shape index (κ3) is 4.78. The van der Waals surface area contributed by atoms with Crippen molar-refractivity contribution in [1.82, 2.24) is 9.80 Å². The van der Waals surface area contributed by atoms with Crippen molar-refractivity contribution in [1.29, 1.82) is 0 Å². The van der Waals surface area contributed by atoms with Gasteiger partial charge in [0.1, 0.15) is 5.69 Å². The van der Waals surface area contributed by atoms with Crippen LogP contribution in [0.4, 0.5) is 24.5 Å². The number of anilines is 1. The molecule has 2 fully saturated rings. The summed E-state index contributed by atoms with van der Waals surface area (Å²) >= 11 is 0. The molecule has 0 saturated carbocycles. The molecule has 1 unspecified atom stereocenters. The molecule has 29 heavy (non-hydrogen) atoms. The standard InChI is InChI=1S/C18H23F3N4O4/c1-13(17(26)24-8-10-29-11-9-24)22-4-6-23(7-5-22)15-3-2-14(18(19,20)21)12-16(15)25(27)28/h2-3,12-13H,4-11H2,1H3. The highest BCUT2D eigenvalue weighted by Gasteiger charge is 2.35. The van der Waals surface area contributed by atoms with E-state index >= 15 is 0 Å². The molecule has 0 aromatic heterocycles. The lowest BCUT2D eigenvalue weighted by Gasteiger charge is -2.40. The fourth-order valence-electron chi connectivity index (χ4n) is 3.67. The fraction of sp³-hybridized carbons (Fsp3) is 0.611. The van der Waals surface area contributed by atoms with Crippen molar-refractivity contribution >= 4 is 17.3 Å². The number of morpholine rings is 1. The molecule has 2 aliphatic rings. The van der Waals surface area contributed by atoms with E-state index in [1.807, 2.05) is 11.8 Å². The lowest BCUT2D eigenvalue weighted by atomic mass is 10.1. The molecule has 11 heteroatoms. The Bertz CT molecular complexity index is 760. The number of nitrogens with zero attached hydrogens (tertiary/aromatic N) is 4. The Kier molecular flexibility index (Phi) is 6.27. The summed E-state index contributed by atoms with van der Waals surface area (Å²) in [5.74, 6) is 0.0160. The number of piperazine rings is 1. The molecule has 2 saturated heterocycles. The summed E-state index contributed by atoms with van der Waals surface area (Å²) in [4.78, 5) is 28.6. The van der Waals surface area contributed by atoms with Crippen molar-refractivity contribution < 1.29 is 27.6 Å². The minimum Gasteiger partial charge on any atom is -0.378 e. The van der Waals surface area contributed by atoms with Crippen LogP contribution in [0.5, 0.6) is 0 Å². The van der Waals surface area contributed by atoms with Crippen LogP contribution in [0.2, 0.25) is 0 Å². The molecule has 0 bridgehead atoms. The van der Waals surface area contributed by atoms with Gasteiger partial charge in [-0.1, -0.05) is 0 Å². The Morgan fingerprint density at radius 2 is 1.76 bits per heavy atom. The largest absolute Gasteiger partial charge is 0.416 e. The van der Waals surface area contributed by atoms with E-state index in [4.69, 9.17) is 4.74 Å². The number of nitro groups is 1. The van der Waals surface area contributed by atoms with E-state index in [9.17, 15) is 28.1 Å². The highest BCUT2D eigenvalue weighted by molar-refractivity contribution is 5.81. The van der Waals surface area contributed by atoms with Gasteiger partial charge in [0.15, 0.2) is 0 Å². The van der Waals surface area contributed by atoms with Crippen molar-refractivity contribution in [3.63, 3.8) is 0 Å². The van der Waals surface area contributed by atoms with E-state index in [0.717, 1.165) is 12.1 Å². The molecule has 160 valence electrons. The summed E-state index contributed by atoms with van der Waals surface area (Å²) < 4.78 is 43.9. The molecule has 0 radical (unpaired) electrons. The number of carbonyl (C=O) groups excluding carboxylic acids is 1. The lowest BCUT2D eigenvalue weighted by Crippen LogP contribution is -2.56. The molecule has 0 spiro atoms. The van der Waals surface area contributed by atoms with Crippen molar-refractivity contribution in [2.24, 2.45) is 0 Å². The molecule has 1 aromatic carbocycles. The third-order valence-electron chi connectivity index (χ3n) is 5.38. The summed E-state index contributed by atoms with van der Waals surface area (Å²) in [5, 5.41) is 11.3. The van der Waals surface area contributed by atoms with E-state index in [-0.39, 0.29) is 17.6 Å². The first-order chi connectivity index (χ1) is 13.7. The Labute approximate surface area is 166 Å². The van der Waals surface area contributed by atoms with Crippen molar-refractivity contribution in [2.45, 2.75) is 19.1 Å². The van der Waals surface area contributed by atoms with E-state index in [1.54, 1.807) is 9.80 Å². The average molecular weight is 416 g/mol. The van der Waals surface area contributed by atoms with Gasteiger partial charge in [-0.15, -0.1) is 0 Å². The van der Waals surface area contributed by atoms with Gasteiger partial charge in [-0.25, -0.2) is 0 Å². The summed E-state index contributed by atoms with van der Waals surface area (Å²) in [6.07, 6.45) is -4.64. The van der Waals surface area contributed by atoms with Gasteiger partial charge in [-0.2, -0.15) is 13.2 Å². The van der Waals surface area contributed by atoms with Gasteiger partial charge < -0.3 is 14.5 Å². The highest BCUT2D eigenvalue weighted by Crippen LogP contribution is 2.36. The SMILES string of the molecule is CC(C(=O)N1CCOCC1)N1CCN(c2ccc(C(F)(F)F)cc2[N+](=O)[O-])CC1. The summed E-state index contributed by atoms with van der Waals surface area (Å²) in [7, 11) is 0. The minimum absolute atomic E-state index is 0.0160. The Morgan fingerprint density at radius 1 is 1.14 bits per heavy atom. The second kappa shape index (κ2) is 8.54. The molecular weight excluding hydrogens is 393 g/mol. The van der Waals surface area contributed by atoms with Crippen molar-refractivity contribution in [3.05, 3.63) is 33.9 Å². The van der Waals surface area contributed by atoms with Gasteiger partial charge >= 0.3 is 6.18 Å². The number of rotatable bonds is 4. The number of halogens is 3. The van der Waals surface area contributed by atoms with Crippen molar-refractivity contribution in [2.75, 3.05) is 57.4 Å². The fourth-order valence-corrected chi connectivity index (χ4v) is 3.67. The van der Waals surface area contributed by atoms with Crippen LogP contribution in [-0.4, -0.2) is 79.2 Å². The van der Waals surface area contributed by atoms with Crippen LogP contribution in [0.25, 0.3) is 0 Å². The summed E-state index contributed by atoms with van der Waals surface area (Å²) in [6, 6.07) is 2.25. The van der Waals surface area contributed by atoms with Gasteiger partial charge in [-0.05, 0) is 19.1 Å². The number of carbonyl (C=O) groups is 1. The van der Waals surface area contributed by atoms with Crippen LogP contribution in [-0.2, 0) is 15.7 Å². The third-order valence-corrected chi connectivity index (χ3v) is 5.38. The molecule has 8 nitrogen and oxygen atoms in total. The lowest BCUT2D eigenvalue weighted by molar-refractivity contribution is -0.384. The Morgan fingerprint density at radius 3 is 2.31 bits per heavy atom. The predicted molar refractivity (Wildman–Crippen MR) is 98.7 cm³/mol. The van der Waals surface area contributed by atoms with Crippen LogP contribution >= 0.6 is 0 Å². The number of hydrogen-bond donors (Lipinski definition) is 0. The Balaban J connectivity index is 1.67. The van der Waals surface area contributed by atoms with Crippen LogP contribution in [0.3, 0.4) is 0 Å². The smallest absolute Gasteiger partial charge is 0.378 e. The van der Waals surface area contributed by atoms with Crippen molar-refractivity contribution in [3.8, 4) is 0 Å². The van der Waals surface area contributed by atoms with Crippen LogP contribution < -0.4 is 4.90 Å². The van der Waals surface area contributed by atoms with E-state index in [2.05, 4.69) is 0 Å². The molecule has 2 heterocycles. The van der Waals surface area contributed by atoms with Gasteiger partial charge in [0.2, 0.25) is 5.91 Å². The molecule has 1 aromatic rings. The monoisotopic (exact) mass is 416 g/mol. The van der Waals surface area contributed by atoms with Gasteiger partial charge in [0, 0.05) is 45.3 Å². The molecule has 0 N–H and O–H groups in total. The molecule has 0 aliphatic carbocycles. The predicted octanol–water partition coefficient (Wildman–Crippen LogP) is 1.98. The number of alkyl halides is 3. The number of benzene rings is 1. The zero-order chi connectivity index (χ0) is 21.2. The number of amides is 1. The van der Waals surface area contributed by atoms with Gasteiger partial charge in [-0.3, -0.25) is 19.8 Å². The molecule has 3 rings (SSSR count). The number of hydrogen-bond acceptors (Lipinski definition) is 6. The van der Waals surface area contributed by atoms with Gasteiger partial charge in [0.25, 0.3) is 5.69 Å². The molecule has 1 amide bonds. The normalized spacial score (nSPS) is 19.9.